The van der Waals surface area contributed by atoms with Crippen molar-refractivity contribution in [2.75, 3.05) is 39.1 Å². The molecule has 0 unspecified atom stereocenters. The van der Waals surface area contributed by atoms with Crippen molar-refractivity contribution in [1.29, 1.82) is 0 Å². The maximum atomic E-state index is 3.58. The number of hydrogen-bond donors (Lipinski definition) is 2. The molecular formula is C14H25N3. The van der Waals surface area contributed by atoms with Crippen molar-refractivity contribution in [2.24, 2.45) is 0 Å². The van der Waals surface area contributed by atoms with E-state index in [0.717, 1.165) is 13.1 Å². The molecule has 3 heteroatoms. The molecule has 3 nitrogen and oxygen atoms in total. The fourth-order valence-electron chi connectivity index (χ4n) is 1.99. The summed E-state index contributed by atoms with van der Waals surface area (Å²) in [5.41, 5.74) is 2.59. The Morgan fingerprint density at radius 3 is 2.35 bits per heavy atom. The SMILES string of the molecule is CNCCNC(C)(C)c1ccccc1N(C)C. The van der Waals surface area contributed by atoms with Gasteiger partial charge in [-0.05, 0) is 32.5 Å². The van der Waals surface area contributed by atoms with Crippen LogP contribution in [-0.4, -0.2) is 34.2 Å². The summed E-state index contributed by atoms with van der Waals surface area (Å²) in [6.45, 7) is 6.40. The summed E-state index contributed by atoms with van der Waals surface area (Å²) in [5, 5.41) is 6.74. The van der Waals surface area contributed by atoms with Crippen LogP contribution >= 0.6 is 0 Å². The van der Waals surface area contributed by atoms with Gasteiger partial charge in [-0.2, -0.15) is 0 Å². The smallest absolute Gasteiger partial charge is 0.0412 e. The van der Waals surface area contributed by atoms with Gasteiger partial charge in [0.05, 0.1) is 0 Å². The van der Waals surface area contributed by atoms with Crippen LogP contribution in [-0.2, 0) is 5.54 Å². The molecule has 0 bridgehead atoms. The van der Waals surface area contributed by atoms with E-state index >= 15 is 0 Å². The normalized spacial score (nSPS) is 11.6. The average Bonchev–Trinajstić information content (AvgIpc) is 2.29. The summed E-state index contributed by atoms with van der Waals surface area (Å²) in [6, 6.07) is 8.55. The van der Waals surface area contributed by atoms with E-state index in [1.807, 2.05) is 7.05 Å². The zero-order valence-electron chi connectivity index (χ0n) is 11.7. The van der Waals surface area contributed by atoms with Gasteiger partial charge in [0.15, 0.2) is 0 Å². The van der Waals surface area contributed by atoms with E-state index in [4.69, 9.17) is 0 Å². The Morgan fingerprint density at radius 1 is 1.12 bits per heavy atom. The fourth-order valence-corrected chi connectivity index (χ4v) is 1.99. The lowest BCUT2D eigenvalue weighted by Gasteiger charge is -2.31. The molecule has 0 atom stereocenters. The van der Waals surface area contributed by atoms with Gasteiger partial charge >= 0.3 is 0 Å². The standard InChI is InChI=1S/C14H25N3/c1-14(2,16-11-10-15-3)12-8-6-7-9-13(12)17(4)5/h6-9,15-16H,10-11H2,1-5H3. The molecule has 96 valence electrons. The lowest BCUT2D eigenvalue weighted by atomic mass is 9.92. The Kier molecular flexibility index (Phi) is 4.97. The van der Waals surface area contributed by atoms with Crippen molar-refractivity contribution < 1.29 is 0 Å². The van der Waals surface area contributed by atoms with Gasteiger partial charge in [0.1, 0.15) is 0 Å². The monoisotopic (exact) mass is 235 g/mol. The number of nitrogens with one attached hydrogen (secondary N) is 2. The first-order valence-corrected chi connectivity index (χ1v) is 6.15. The molecule has 0 amide bonds. The zero-order valence-corrected chi connectivity index (χ0v) is 11.7. The first-order chi connectivity index (χ1) is 7.99. The van der Waals surface area contributed by atoms with Crippen LogP contribution < -0.4 is 15.5 Å². The van der Waals surface area contributed by atoms with Gasteiger partial charge in [-0.1, -0.05) is 18.2 Å². The third-order valence-corrected chi connectivity index (χ3v) is 3.00. The number of rotatable bonds is 6. The average molecular weight is 235 g/mol. The van der Waals surface area contributed by atoms with Gasteiger partial charge in [0.25, 0.3) is 0 Å². The minimum absolute atomic E-state index is 0.0162. The minimum atomic E-state index is -0.0162. The van der Waals surface area contributed by atoms with Gasteiger partial charge in [-0.15, -0.1) is 0 Å². The van der Waals surface area contributed by atoms with Gasteiger partial charge in [-0.25, -0.2) is 0 Å². The number of anilines is 1. The summed E-state index contributed by atoms with van der Waals surface area (Å²) < 4.78 is 0. The van der Waals surface area contributed by atoms with E-state index in [2.05, 4.69) is 67.7 Å². The summed E-state index contributed by atoms with van der Waals surface area (Å²) in [7, 11) is 6.15. The molecule has 0 saturated carbocycles. The number of nitrogens with zero attached hydrogens (tertiary/aromatic N) is 1. The van der Waals surface area contributed by atoms with Crippen LogP contribution in [0.15, 0.2) is 24.3 Å². The Bertz CT molecular complexity index is 345. The molecule has 1 aromatic rings. The van der Waals surface area contributed by atoms with Crippen LogP contribution in [0, 0.1) is 0 Å². The van der Waals surface area contributed by atoms with Crippen molar-refractivity contribution >= 4 is 5.69 Å². The van der Waals surface area contributed by atoms with E-state index in [0.29, 0.717) is 0 Å². The molecule has 0 spiro atoms. The van der Waals surface area contributed by atoms with E-state index in [-0.39, 0.29) is 5.54 Å². The summed E-state index contributed by atoms with van der Waals surface area (Å²) in [4.78, 5) is 2.16. The lowest BCUT2D eigenvalue weighted by Crippen LogP contribution is -2.40. The molecule has 17 heavy (non-hydrogen) atoms. The maximum Gasteiger partial charge on any atom is 0.0412 e. The van der Waals surface area contributed by atoms with Crippen molar-refractivity contribution in [3.05, 3.63) is 29.8 Å². The van der Waals surface area contributed by atoms with Gasteiger partial charge in [0, 0.05) is 38.4 Å². The summed E-state index contributed by atoms with van der Waals surface area (Å²) in [5.74, 6) is 0. The van der Waals surface area contributed by atoms with Crippen LogP contribution in [0.4, 0.5) is 5.69 Å². The topological polar surface area (TPSA) is 27.3 Å². The van der Waals surface area contributed by atoms with Gasteiger partial charge < -0.3 is 15.5 Å². The molecule has 1 rings (SSSR count). The Balaban J connectivity index is 2.89. The third kappa shape index (κ3) is 3.72. The highest BCUT2D eigenvalue weighted by molar-refractivity contribution is 5.55. The van der Waals surface area contributed by atoms with E-state index < -0.39 is 0 Å². The number of likely N-dealkylation sites (N-methyl/N-ethyl adjacent to an activating group) is 1. The Hall–Kier alpha value is -1.06. The number of hydrogen-bond acceptors (Lipinski definition) is 3. The fraction of sp³-hybridized carbons (Fsp3) is 0.571. The maximum absolute atomic E-state index is 3.58. The van der Waals surface area contributed by atoms with Crippen LogP contribution in [0.2, 0.25) is 0 Å². The van der Waals surface area contributed by atoms with Crippen LogP contribution in [0.5, 0.6) is 0 Å². The first-order valence-electron chi connectivity index (χ1n) is 6.15. The summed E-state index contributed by atoms with van der Waals surface area (Å²) in [6.07, 6.45) is 0. The third-order valence-electron chi connectivity index (χ3n) is 3.00. The highest BCUT2D eigenvalue weighted by Gasteiger charge is 2.22. The molecule has 2 N–H and O–H groups in total. The largest absolute Gasteiger partial charge is 0.377 e. The van der Waals surface area contributed by atoms with E-state index in [9.17, 15) is 0 Å². The van der Waals surface area contributed by atoms with E-state index in [1.165, 1.54) is 11.3 Å². The van der Waals surface area contributed by atoms with Gasteiger partial charge in [-0.3, -0.25) is 0 Å². The lowest BCUT2D eigenvalue weighted by molar-refractivity contribution is 0.404. The second kappa shape index (κ2) is 6.03. The molecule has 0 aliphatic heterocycles. The molecule has 1 aromatic carbocycles. The minimum Gasteiger partial charge on any atom is -0.377 e. The molecule has 0 radical (unpaired) electrons. The summed E-state index contributed by atoms with van der Waals surface area (Å²) >= 11 is 0. The van der Waals surface area contributed by atoms with Crippen LogP contribution in [0.3, 0.4) is 0 Å². The zero-order chi connectivity index (χ0) is 12.9. The van der Waals surface area contributed by atoms with Crippen molar-refractivity contribution in [3.63, 3.8) is 0 Å². The molecule has 0 heterocycles. The molecular weight excluding hydrogens is 210 g/mol. The molecule has 0 aliphatic carbocycles. The number of benzene rings is 1. The first kappa shape index (κ1) is 14.0. The Morgan fingerprint density at radius 2 is 1.76 bits per heavy atom. The number of para-hydroxylation sites is 1. The van der Waals surface area contributed by atoms with Crippen molar-refractivity contribution in [1.82, 2.24) is 10.6 Å². The highest BCUT2D eigenvalue weighted by atomic mass is 15.1. The second-order valence-electron chi connectivity index (χ2n) is 5.07. The quantitative estimate of drug-likeness (QED) is 0.736. The molecule has 0 aromatic heterocycles. The molecule has 0 aliphatic rings. The van der Waals surface area contributed by atoms with Gasteiger partial charge in [0.2, 0.25) is 0 Å². The molecule has 0 fully saturated rings. The van der Waals surface area contributed by atoms with Crippen molar-refractivity contribution in [3.8, 4) is 0 Å². The molecule has 0 saturated heterocycles. The van der Waals surface area contributed by atoms with E-state index in [1.54, 1.807) is 0 Å². The predicted molar refractivity (Wildman–Crippen MR) is 75.7 cm³/mol. The second-order valence-corrected chi connectivity index (χ2v) is 5.07. The van der Waals surface area contributed by atoms with Crippen LogP contribution in [0.1, 0.15) is 19.4 Å². The van der Waals surface area contributed by atoms with Crippen molar-refractivity contribution in [2.45, 2.75) is 19.4 Å². The Labute approximate surface area is 105 Å². The highest BCUT2D eigenvalue weighted by Crippen LogP contribution is 2.28. The predicted octanol–water partition coefficient (Wildman–Crippen LogP) is 1.80. The van der Waals surface area contributed by atoms with Crippen LogP contribution in [0.25, 0.3) is 0 Å².